The molecule has 0 spiro atoms. The fourth-order valence-electron chi connectivity index (χ4n) is 3.08. The fourth-order valence-corrected chi connectivity index (χ4v) is 3.08. The maximum absolute atomic E-state index is 11.9. The molecule has 1 N–H and O–H groups in total. The van der Waals surface area contributed by atoms with Crippen LogP contribution >= 0.6 is 0 Å². The van der Waals surface area contributed by atoms with Gasteiger partial charge in [0.1, 0.15) is 6.04 Å². The van der Waals surface area contributed by atoms with Crippen LogP contribution in [0.4, 0.5) is 0 Å². The molecule has 1 atom stereocenters. The van der Waals surface area contributed by atoms with Crippen LogP contribution in [-0.2, 0) is 9.53 Å². The number of carboxylic acids is 1. The molecular formula is C17H26N2O5. The number of hydrogen-bond donors (Lipinski definition) is 1. The van der Waals surface area contributed by atoms with Crippen LogP contribution in [-0.4, -0.2) is 81.5 Å². The van der Waals surface area contributed by atoms with Crippen LogP contribution in [0, 0.1) is 0 Å². The van der Waals surface area contributed by atoms with Crippen molar-refractivity contribution in [3.8, 4) is 11.5 Å². The summed E-state index contributed by atoms with van der Waals surface area (Å²) >= 11 is 0. The Morgan fingerprint density at radius 1 is 1.17 bits per heavy atom. The first kappa shape index (κ1) is 18.5. The van der Waals surface area contributed by atoms with Crippen LogP contribution in [0.1, 0.15) is 11.6 Å². The Hall–Kier alpha value is -1.83. The van der Waals surface area contributed by atoms with Crippen molar-refractivity contribution in [3.63, 3.8) is 0 Å². The van der Waals surface area contributed by atoms with E-state index >= 15 is 0 Å². The Labute approximate surface area is 142 Å². The molecule has 0 radical (unpaired) electrons. The molecular weight excluding hydrogens is 312 g/mol. The monoisotopic (exact) mass is 338 g/mol. The summed E-state index contributed by atoms with van der Waals surface area (Å²) in [6.07, 6.45) is 0. The highest BCUT2D eigenvalue weighted by Crippen LogP contribution is 2.37. The molecule has 1 aliphatic heterocycles. The maximum Gasteiger partial charge on any atom is 0.325 e. The van der Waals surface area contributed by atoms with Crippen LogP contribution in [0.25, 0.3) is 0 Å². The average molecular weight is 338 g/mol. The summed E-state index contributed by atoms with van der Waals surface area (Å²) in [4.78, 5) is 16.2. The zero-order valence-corrected chi connectivity index (χ0v) is 14.5. The Balaban J connectivity index is 2.18. The third kappa shape index (κ3) is 4.17. The van der Waals surface area contributed by atoms with Gasteiger partial charge in [-0.05, 0) is 6.07 Å². The van der Waals surface area contributed by atoms with E-state index in [1.54, 1.807) is 32.4 Å². The van der Waals surface area contributed by atoms with Crippen molar-refractivity contribution in [3.05, 3.63) is 23.8 Å². The lowest BCUT2D eigenvalue weighted by Crippen LogP contribution is -2.49. The molecule has 0 aromatic heterocycles. The zero-order valence-electron chi connectivity index (χ0n) is 14.5. The Morgan fingerprint density at radius 3 is 2.42 bits per heavy atom. The third-order valence-corrected chi connectivity index (χ3v) is 4.35. The minimum atomic E-state index is -0.883. The molecule has 134 valence electrons. The van der Waals surface area contributed by atoms with Crippen molar-refractivity contribution >= 4 is 5.97 Å². The van der Waals surface area contributed by atoms with Gasteiger partial charge in [-0.25, -0.2) is 0 Å². The summed E-state index contributed by atoms with van der Waals surface area (Å²) in [6, 6.07) is 4.60. The van der Waals surface area contributed by atoms with Crippen LogP contribution in [0.3, 0.4) is 0 Å². The standard InChI is InChI=1S/C17H26N2O5/c1-22-12-11-18-7-9-19(10-8-18)15(17(20)21)13-5-4-6-14(23-2)16(13)24-3/h4-6,15H,7-12H2,1-3H3,(H,20,21). The van der Waals surface area contributed by atoms with Gasteiger partial charge in [-0.15, -0.1) is 0 Å². The van der Waals surface area contributed by atoms with E-state index in [2.05, 4.69) is 4.90 Å². The number of methoxy groups -OCH3 is 3. The van der Waals surface area contributed by atoms with Crippen molar-refractivity contribution in [1.82, 2.24) is 9.80 Å². The second-order valence-corrected chi connectivity index (χ2v) is 5.69. The first-order chi connectivity index (χ1) is 11.6. The van der Waals surface area contributed by atoms with Crippen LogP contribution in [0.5, 0.6) is 11.5 Å². The minimum absolute atomic E-state index is 0.481. The van der Waals surface area contributed by atoms with Crippen LogP contribution in [0.2, 0.25) is 0 Å². The first-order valence-electron chi connectivity index (χ1n) is 8.01. The quantitative estimate of drug-likeness (QED) is 0.761. The van der Waals surface area contributed by atoms with Crippen molar-refractivity contribution in [1.29, 1.82) is 0 Å². The van der Waals surface area contributed by atoms with Gasteiger partial charge >= 0.3 is 5.97 Å². The van der Waals surface area contributed by atoms with E-state index < -0.39 is 12.0 Å². The highest BCUT2D eigenvalue weighted by molar-refractivity contribution is 5.77. The van der Waals surface area contributed by atoms with Gasteiger partial charge in [-0.1, -0.05) is 12.1 Å². The number of rotatable bonds is 8. The summed E-state index contributed by atoms with van der Waals surface area (Å²) in [6.45, 7) is 4.55. The number of benzene rings is 1. The second kappa shape index (κ2) is 8.86. The van der Waals surface area contributed by atoms with Crippen molar-refractivity contribution in [2.75, 3.05) is 60.7 Å². The van der Waals surface area contributed by atoms with Gasteiger partial charge in [0, 0.05) is 45.4 Å². The highest BCUT2D eigenvalue weighted by atomic mass is 16.5. The maximum atomic E-state index is 11.9. The lowest BCUT2D eigenvalue weighted by molar-refractivity contribution is -0.144. The zero-order chi connectivity index (χ0) is 17.5. The molecule has 1 aliphatic rings. The summed E-state index contributed by atoms with van der Waals surface area (Å²) in [5.41, 5.74) is 0.620. The summed E-state index contributed by atoms with van der Waals surface area (Å²) in [5, 5.41) is 9.80. The van der Waals surface area contributed by atoms with Crippen molar-refractivity contribution in [2.24, 2.45) is 0 Å². The van der Waals surface area contributed by atoms with E-state index in [4.69, 9.17) is 14.2 Å². The lowest BCUT2D eigenvalue weighted by atomic mass is 10.0. The average Bonchev–Trinajstić information content (AvgIpc) is 2.60. The van der Waals surface area contributed by atoms with E-state index in [1.165, 1.54) is 7.11 Å². The molecule has 0 amide bonds. The topological polar surface area (TPSA) is 71.5 Å². The Morgan fingerprint density at radius 2 is 1.88 bits per heavy atom. The number of carboxylic acid groups (broad SMARTS) is 1. The predicted molar refractivity (Wildman–Crippen MR) is 89.8 cm³/mol. The number of para-hydroxylation sites is 1. The van der Waals surface area contributed by atoms with Crippen molar-refractivity contribution in [2.45, 2.75) is 6.04 Å². The molecule has 1 aromatic carbocycles. The number of piperazine rings is 1. The van der Waals surface area contributed by atoms with Gasteiger partial charge in [0.25, 0.3) is 0 Å². The number of aliphatic carboxylic acids is 1. The molecule has 1 fully saturated rings. The van der Waals surface area contributed by atoms with E-state index in [0.717, 1.165) is 19.6 Å². The molecule has 1 aromatic rings. The SMILES string of the molecule is COCCN1CCN(C(C(=O)O)c2cccc(OC)c2OC)CC1. The molecule has 0 bridgehead atoms. The highest BCUT2D eigenvalue weighted by Gasteiger charge is 2.33. The molecule has 0 saturated carbocycles. The van der Waals surface area contributed by atoms with E-state index in [-0.39, 0.29) is 0 Å². The van der Waals surface area contributed by atoms with Gasteiger partial charge in [0.15, 0.2) is 11.5 Å². The molecule has 2 rings (SSSR count). The van der Waals surface area contributed by atoms with E-state index in [1.807, 2.05) is 4.90 Å². The van der Waals surface area contributed by atoms with Gasteiger partial charge < -0.3 is 19.3 Å². The number of nitrogens with zero attached hydrogens (tertiary/aromatic N) is 2. The van der Waals surface area contributed by atoms with E-state index in [0.29, 0.717) is 36.8 Å². The molecule has 1 heterocycles. The molecule has 1 unspecified atom stereocenters. The molecule has 7 heteroatoms. The predicted octanol–water partition coefficient (Wildman–Crippen LogP) is 1.09. The normalized spacial score (nSPS) is 17.5. The Bertz CT molecular complexity index is 544. The fraction of sp³-hybridized carbons (Fsp3) is 0.588. The number of carbonyl (C=O) groups is 1. The van der Waals surface area contributed by atoms with Gasteiger partial charge in [0.05, 0.1) is 20.8 Å². The molecule has 1 saturated heterocycles. The summed E-state index contributed by atoms with van der Waals surface area (Å²) in [7, 11) is 4.76. The van der Waals surface area contributed by atoms with E-state index in [9.17, 15) is 9.90 Å². The first-order valence-corrected chi connectivity index (χ1v) is 8.01. The number of hydrogen-bond acceptors (Lipinski definition) is 6. The second-order valence-electron chi connectivity index (χ2n) is 5.69. The largest absolute Gasteiger partial charge is 0.493 e. The van der Waals surface area contributed by atoms with Gasteiger partial charge in [-0.2, -0.15) is 0 Å². The number of ether oxygens (including phenoxy) is 3. The van der Waals surface area contributed by atoms with Crippen LogP contribution in [0.15, 0.2) is 18.2 Å². The van der Waals surface area contributed by atoms with Gasteiger partial charge in [-0.3, -0.25) is 14.6 Å². The molecule has 7 nitrogen and oxygen atoms in total. The Kier molecular flexibility index (Phi) is 6.84. The molecule has 24 heavy (non-hydrogen) atoms. The third-order valence-electron chi connectivity index (χ3n) is 4.35. The smallest absolute Gasteiger partial charge is 0.325 e. The van der Waals surface area contributed by atoms with Crippen molar-refractivity contribution < 1.29 is 24.1 Å². The molecule has 0 aliphatic carbocycles. The van der Waals surface area contributed by atoms with Crippen LogP contribution < -0.4 is 9.47 Å². The lowest BCUT2D eigenvalue weighted by Gasteiger charge is -2.38. The summed E-state index contributed by atoms with van der Waals surface area (Å²) < 4.78 is 15.8. The summed E-state index contributed by atoms with van der Waals surface area (Å²) in [5.74, 6) is 0.140. The van der Waals surface area contributed by atoms with Gasteiger partial charge in [0.2, 0.25) is 0 Å². The minimum Gasteiger partial charge on any atom is -0.493 e.